The van der Waals surface area contributed by atoms with Crippen molar-refractivity contribution < 1.29 is 4.74 Å². The lowest BCUT2D eigenvalue weighted by atomic mass is 9.57. The molecule has 2 aliphatic rings. The normalized spacial score (nSPS) is 27.2. The van der Waals surface area contributed by atoms with Crippen LogP contribution in [0.1, 0.15) is 20.3 Å². The Morgan fingerprint density at radius 3 is 2.88 bits per heavy atom. The number of nitrogens with one attached hydrogen (secondary N) is 1. The van der Waals surface area contributed by atoms with E-state index in [1.807, 2.05) is 35.0 Å². The summed E-state index contributed by atoms with van der Waals surface area (Å²) in [6, 6.07) is 8.12. The van der Waals surface area contributed by atoms with Crippen molar-refractivity contribution in [3.05, 3.63) is 35.5 Å². The standard InChI is InChI=1S/C18H19ClN4OS/c1-18(2)14(12-7-8-24-15(12)18)21-16-22-23-9-13(20-17(23)25-16)10-3-5-11(19)6-4-10/h3-6,9,12,14-15H,7-8H2,1-2H3,(H,21,22). The highest BCUT2D eigenvalue weighted by molar-refractivity contribution is 7.20. The van der Waals surface area contributed by atoms with E-state index >= 15 is 0 Å². The predicted molar refractivity (Wildman–Crippen MR) is 100 cm³/mol. The molecule has 3 atom stereocenters. The molecule has 3 unspecified atom stereocenters. The lowest BCUT2D eigenvalue weighted by Gasteiger charge is -2.54. The Labute approximate surface area is 155 Å². The summed E-state index contributed by atoms with van der Waals surface area (Å²) in [6.07, 6.45) is 3.48. The maximum Gasteiger partial charge on any atom is 0.214 e. The Bertz CT molecular complexity index is 901. The summed E-state index contributed by atoms with van der Waals surface area (Å²) in [5.74, 6) is 0.593. The van der Waals surface area contributed by atoms with Crippen molar-refractivity contribution in [2.45, 2.75) is 32.4 Å². The third-order valence-electron chi connectivity index (χ3n) is 5.56. The Morgan fingerprint density at radius 1 is 1.32 bits per heavy atom. The minimum atomic E-state index is 0.142. The number of ether oxygens (including phenoxy) is 1. The molecular formula is C18H19ClN4OS. The van der Waals surface area contributed by atoms with E-state index < -0.39 is 0 Å². The molecule has 1 saturated carbocycles. The van der Waals surface area contributed by atoms with E-state index in [2.05, 4.69) is 24.3 Å². The first-order valence-corrected chi connectivity index (χ1v) is 9.72. The Morgan fingerprint density at radius 2 is 2.12 bits per heavy atom. The molecule has 3 heterocycles. The molecule has 2 fully saturated rings. The van der Waals surface area contributed by atoms with Gasteiger partial charge in [-0.2, -0.15) is 0 Å². The first kappa shape index (κ1) is 15.6. The number of benzene rings is 1. The fourth-order valence-corrected chi connectivity index (χ4v) is 5.21. The Balaban J connectivity index is 1.39. The van der Waals surface area contributed by atoms with Crippen LogP contribution in [0.4, 0.5) is 5.13 Å². The minimum absolute atomic E-state index is 0.142. The molecule has 5 nitrogen and oxygen atoms in total. The molecule has 2 aromatic heterocycles. The molecule has 130 valence electrons. The SMILES string of the molecule is CC1(C)C(Nc2nn3cc(-c4ccc(Cl)cc4)nc3s2)C2CCOC21. The van der Waals surface area contributed by atoms with E-state index in [4.69, 9.17) is 21.3 Å². The van der Waals surface area contributed by atoms with Crippen LogP contribution in [-0.2, 0) is 4.74 Å². The van der Waals surface area contributed by atoms with Gasteiger partial charge in [-0.15, -0.1) is 5.10 Å². The number of halogens is 1. The fraction of sp³-hybridized carbons (Fsp3) is 0.444. The van der Waals surface area contributed by atoms with Crippen LogP contribution >= 0.6 is 22.9 Å². The van der Waals surface area contributed by atoms with E-state index in [1.165, 1.54) is 0 Å². The minimum Gasteiger partial charge on any atom is -0.377 e. The summed E-state index contributed by atoms with van der Waals surface area (Å²) >= 11 is 7.54. The molecule has 25 heavy (non-hydrogen) atoms. The van der Waals surface area contributed by atoms with Crippen molar-refractivity contribution in [2.75, 3.05) is 11.9 Å². The van der Waals surface area contributed by atoms with Crippen LogP contribution in [-0.4, -0.2) is 33.4 Å². The second kappa shape index (κ2) is 5.43. The summed E-state index contributed by atoms with van der Waals surface area (Å²) in [4.78, 5) is 5.59. The molecule has 3 aromatic rings. The number of imidazole rings is 1. The molecule has 1 aliphatic carbocycles. The largest absolute Gasteiger partial charge is 0.377 e. The summed E-state index contributed by atoms with van der Waals surface area (Å²) in [6.45, 7) is 5.42. The zero-order valence-electron chi connectivity index (χ0n) is 14.1. The number of aromatic nitrogens is 3. The average molecular weight is 375 g/mol. The number of nitrogens with zero attached hydrogens (tertiary/aromatic N) is 3. The van der Waals surface area contributed by atoms with Crippen LogP contribution in [0.2, 0.25) is 5.02 Å². The van der Waals surface area contributed by atoms with Gasteiger partial charge in [0.2, 0.25) is 10.1 Å². The second-order valence-electron chi connectivity index (χ2n) is 7.45. The second-order valence-corrected chi connectivity index (χ2v) is 8.85. The van der Waals surface area contributed by atoms with Gasteiger partial charge in [0, 0.05) is 34.6 Å². The Kier molecular flexibility index (Phi) is 3.39. The molecule has 0 bridgehead atoms. The molecule has 1 aliphatic heterocycles. The van der Waals surface area contributed by atoms with Crippen molar-refractivity contribution in [1.82, 2.24) is 14.6 Å². The monoisotopic (exact) mass is 374 g/mol. The van der Waals surface area contributed by atoms with E-state index in [1.54, 1.807) is 11.3 Å². The van der Waals surface area contributed by atoms with Crippen LogP contribution in [0.5, 0.6) is 0 Å². The number of hydrogen-bond donors (Lipinski definition) is 1. The number of rotatable bonds is 3. The van der Waals surface area contributed by atoms with Crippen LogP contribution in [0.3, 0.4) is 0 Å². The van der Waals surface area contributed by atoms with Gasteiger partial charge in [-0.25, -0.2) is 9.50 Å². The van der Waals surface area contributed by atoms with Gasteiger partial charge in [-0.1, -0.05) is 48.9 Å². The summed E-state index contributed by atoms with van der Waals surface area (Å²) in [5, 5.41) is 9.96. The van der Waals surface area contributed by atoms with Gasteiger partial charge in [0.15, 0.2) is 0 Å². The van der Waals surface area contributed by atoms with E-state index in [9.17, 15) is 0 Å². The quantitative estimate of drug-likeness (QED) is 0.741. The average Bonchev–Trinajstić information content (AvgIpc) is 3.26. The first-order chi connectivity index (χ1) is 12.0. The molecule has 0 spiro atoms. The van der Waals surface area contributed by atoms with Crippen LogP contribution < -0.4 is 5.32 Å². The van der Waals surface area contributed by atoms with Crippen LogP contribution in [0.15, 0.2) is 30.5 Å². The highest BCUT2D eigenvalue weighted by Crippen LogP contribution is 2.53. The maximum absolute atomic E-state index is 5.95. The first-order valence-electron chi connectivity index (χ1n) is 8.53. The van der Waals surface area contributed by atoms with Gasteiger partial charge in [0.1, 0.15) is 0 Å². The smallest absolute Gasteiger partial charge is 0.214 e. The van der Waals surface area contributed by atoms with Gasteiger partial charge >= 0.3 is 0 Å². The summed E-state index contributed by atoms with van der Waals surface area (Å²) in [5.41, 5.74) is 2.10. The number of anilines is 1. The molecule has 7 heteroatoms. The van der Waals surface area contributed by atoms with Crippen molar-refractivity contribution in [3.8, 4) is 11.3 Å². The molecule has 1 aromatic carbocycles. The summed E-state index contributed by atoms with van der Waals surface area (Å²) in [7, 11) is 0. The van der Waals surface area contributed by atoms with Gasteiger partial charge < -0.3 is 10.1 Å². The molecule has 1 saturated heterocycles. The summed E-state index contributed by atoms with van der Waals surface area (Å²) < 4.78 is 7.72. The van der Waals surface area contributed by atoms with E-state index in [-0.39, 0.29) is 5.41 Å². The van der Waals surface area contributed by atoms with Gasteiger partial charge in [0.05, 0.1) is 18.0 Å². The van der Waals surface area contributed by atoms with Crippen LogP contribution in [0, 0.1) is 11.3 Å². The van der Waals surface area contributed by atoms with Gasteiger partial charge in [-0.3, -0.25) is 0 Å². The topological polar surface area (TPSA) is 51.5 Å². The lowest BCUT2D eigenvalue weighted by molar-refractivity contribution is -0.0923. The number of fused-ring (bicyclic) bond motifs is 2. The lowest BCUT2D eigenvalue weighted by Crippen LogP contribution is -2.63. The predicted octanol–water partition coefficient (Wildman–Crippen LogP) is 4.34. The maximum atomic E-state index is 5.95. The van der Waals surface area contributed by atoms with Crippen LogP contribution in [0.25, 0.3) is 16.2 Å². The molecule has 0 radical (unpaired) electrons. The van der Waals surface area contributed by atoms with Gasteiger partial charge in [0.25, 0.3) is 0 Å². The third kappa shape index (κ3) is 2.39. The van der Waals surface area contributed by atoms with E-state index in [0.717, 1.165) is 39.4 Å². The molecule has 5 rings (SSSR count). The zero-order chi connectivity index (χ0) is 17.2. The fourth-order valence-electron chi connectivity index (χ4n) is 4.27. The van der Waals surface area contributed by atoms with Gasteiger partial charge in [-0.05, 0) is 18.6 Å². The van der Waals surface area contributed by atoms with Crippen molar-refractivity contribution in [1.29, 1.82) is 0 Å². The Hall–Kier alpha value is -1.63. The van der Waals surface area contributed by atoms with E-state index in [0.29, 0.717) is 18.1 Å². The third-order valence-corrected chi connectivity index (χ3v) is 6.67. The highest BCUT2D eigenvalue weighted by Gasteiger charge is 2.59. The van der Waals surface area contributed by atoms with Crippen molar-refractivity contribution in [2.24, 2.45) is 11.3 Å². The van der Waals surface area contributed by atoms with Crippen molar-refractivity contribution in [3.63, 3.8) is 0 Å². The van der Waals surface area contributed by atoms with Crippen molar-refractivity contribution >= 4 is 33.0 Å². The number of hydrogen-bond acceptors (Lipinski definition) is 5. The molecule has 1 N–H and O–H groups in total. The molecular weight excluding hydrogens is 356 g/mol. The highest BCUT2D eigenvalue weighted by atomic mass is 35.5. The zero-order valence-corrected chi connectivity index (χ0v) is 15.6. The molecule has 0 amide bonds.